The third kappa shape index (κ3) is 4.52. The zero-order valence-corrected chi connectivity index (χ0v) is 12.4. The van der Waals surface area contributed by atoms with Crippen LogP contribution in [0.4, 0.5) is 0 Å². The first-order valence-corrected chi connectivity index (χ1v) is 6.90. The summed E-state index contributed by atoms with van der Waals surface area (Å²) in [5.41, 5.74) is 0.332. The maximum Gasteiger partial charge on any atom is 0.331 e. The van der Waals surface area contributed by atoms with Crippen molar-refractivity contribution in [3.05, 3.63) is 33.0 Å². The van der Waals surface area contributed by atoms with Crippen molar-refractivity contribution < 1.29 is 14.7 Å². The van der Waals surface area contributed by atoms with Gasteiger partial charge >= 0.3 is 5.97 Å². The third-order valence-electron chi connectivity index (χ3n) is 2.90. The highest BCUT2D eigenvalue weighted by Gasteiger charge is 2.15. The number of hydrogen-bond donors (Lipinski definition) is 2. The number of hydrogen-bond acceptors (Lipinski definition) is 3. The van der Waals surface area contributed by atoms with Crippen LogP contribution in [0.3, 0.4) is 0 Å². The maximum atomic E-state index is 11.9. The molecule has 0 fully saturated rings. The summed E-state index contributed by atoms with van der Waals surface area (Å²) in [6.07, 6.45) is 0.754. The molecule has 0 aliphatic heterocycles. The molecule has 0 radical (unpaired) electrons. The summed E-state index contributed by atoms with van der Waals surface area (Å²) in [5, 5.41) is 11.7. The molecule has 1 amide bonds. The Bertz CT molecular complexity index is 517. The van der Waals surface area contributed by atoms with Crippen LogP contribution < -0.4 is 5.32 Å². The van der Waals surface area contributed by atoms with Crippen LogP contribution in [0.1, 0.15) is 30.5 Å². The van der Waals surface area contributed by atoms with Crippen molar-refractivity contribution in [2.24, 2.45) is 0 Å². The van der Waals surface area contributed by atoms with Gasteiger partial charge in [0.15, 0.2) is 0 Å². The number of carboxylic acids is 1. The number of amides is 1. The van der Waals surface area contributed by atoms with E-state index >= 15 is 0 Å². The smallest absolute Gasteiger partial charge is 0.331 e. The van der Waals surface area contributed by atoms with Gasteiger partial charge in [0, 0.05) is 33.4 Å². The fraction of sp³-hybridized carbons (Fsp3) is 0.429. The van der Waals surface area contributed by atoms with Crippen LogP contribution in [0.15, 0.2) is 23.3 Å². The van der Waals surface area contributed by atoms with E-state index in [-0.39, 0.29) is 23.1 Å². The lowest BCUT2D eigenvalue weighted by molar-refractivity contribution is -0.133. The zero-order valence-electron chi connectivity index (χ0n) is 11.6. The van der Waals surface area contributed by atoms with E-state index in [1.807, 2.05) is 26.0 Å². The molecule has 1 atom stereocenters. The second-order valence-corrected chi connectivity index (χ2v) is 6.02. The van der Waals surface area contributed by atoms with Crippen molar-refractivity contribution in [1.82, 2.24) is 5.32 Å². The minimum absolute atomic E-state index is 0.0258. The topological polar surface area (TPSA) is 66.4 Å². The monoisotopic (exact) mass is 281 g/mol. The van der Waals surface area contributed by atoms with Gasteiger partial charge in [0.25, 0.3) is 0 Å². The number of rotatable bonds is 5. The molecule has 4 nitrogen and oxygen atoms in total. The molecule has 0 aliphatic carbocycles. The molecule has 1 rings (SSSR count). The quantitative estimate of drug-likeness (QED) is 0.815. The minimum atomic E-state index is -1.06. The SMILES string of the molecule is CC(C(=O)O)=C(C)C(=O)NC(C)Cc1ccc(C)s1. The van der Waals surface area contributed by atoms with Gasteiger partial charge in [-0.2, -0.15) is 0 Å². The molecule has 1 unspecified atom stereocenters. The average Bonchev–Trinajstić information content (AvgIpc) is 2.72. The average molecular weight is 281 g/mol. The summed E-state index contributed by atoms with van der Waals surface area (Å²) in [5.74, 6) is -1.38. The van der Waals surface area contributed by atoms with E-state index in [0.717, 1.165) is 6.42 Å². The fourth-order valence-electron chi connectivity index (χ4n) is 1.61. The van der Waals surface area contributed by atoms with E-state index in [0.29, 0.717) is 0 Å². The van der Waals surface area contributed by atoms with Crippen LogP contribution >= 0.6 is 11.3 Å². The summed E-state index contributed by atoms with van der Waals surface area (Å²) < 4.78 is 0. The summed E-state index contributed by atoms with van der Waals surface area (Å²) in [6.45, 7) is 6.92. The fourth-order valence-corrected chi connectivity index (χ4v) is 2.63. The second-order valence-electron chi connectivity index (χ2n) is 4.65. The predicted octanol–water partition coefficient (Wildman–Crippen LogP) is 2.52. The van der Waals surface area contributed by atoms with Crippen molar-refractivity contribution in [3.63, 3.8) is 0 Å². The molecular formula is C14H19NO3S. The van der Waals surface area contributed by atoms with Gasteiger partial charge in [-0.1, -0.05) is 0 Å². The van der Waals surface area contributed by atoms with Crippen LogP contribution in [-0.4, -0.2) is 23.0 Å². The lowest BCUT2D eigenvalue weighted by atomic mass is 10.1. The predicted molar refractivity (Wildman–Crippen MR) is 76.4 cm³/mol. The van der Waals surface area contributed by atoms with E-state index in [1.165, 1.54) is 23.6 Å². The van der Waals surface area contributed by atoms with Gasteiger partial charge in [-0.25, -0.2) is 4.79 Å². The molecule has 0 spiro atoms. The second kappa shape index (κ2) is 6.52. The minimum Gasteiger partial charge on any atom is -0.478 e. The zero-order chi connectivity index (χ0) is 14.6. The molecule has 1 aromatic rings. The Labute approximate surface area is 117 Å². The number of carbonyl (C=O) groups is 2. The van der Waals surface area contributed by atoms with E-state index in [9.17, 15) is 9.59 Å². The number of aliphatic carboxylic acids is 1. The summed E-state index contributed by atoms with van der Waals surface area (Å²) in [7, 11) is 0. The van der Waals surface area contributed by atoms with Gasteiger partial charge in [0.1, 0.15) is 0 Å². The maximum absolute atomic E-state index is 11.9. The van der Waals surface area contributed by atoms with Gasteiger partial charge in [-0.3, -0.25) is 4.79 Å². The first-order valence-electron chi connectivity index (χ1n) is 6.08. The highest BCUT2D eigenvalue weighted by Crippen LogP contribution is 2.16. The summed E-state index contributed by atoms with van der Waals surface area (Å²) >= 11 is 1.71. The number of thiophene rings is 1. The van der Waals surface area contributed by atoms with Gasteiger partial charge in [0.2, 0.25) is 5.91 Å². The number of carbonyl (C=O) groups excluding carboxylic acids is 1. The van der Waals surface area contributed by atoms with Gasteiger partial charge in [-0.15, -0.1) is 11.3 Å². The molecule has 0 aliphatic rings. The van der Waals surface area contributed by atoms with E-state index < -0.39 is 5.97 Å². The van der Waals surface area contributed by atoms with Crippen LogP contribution in [0.5, 0.6) is 0 Å². The lowest BCUT2D eigenvalue weighted by Crippen LogP contribution is -2.35. The number of nitrogens with one attached hydrogen (secondary N) is 1. The molecule has 0 aromatic carbocycles. The first kappa shape index (κ1) is 15.4. The molecule has 1 aromatic heterocycles. The molecule has 0 saturated heterocycles. The highest BCUT2D eigenvalue weighted by molar-refractivity contribution is 7.11. The first-order chi connectivity index (χ1) is 8.81. The Hall–Kier alpha value is -1.62. The van der Waals surface area contributed by atoms with Crippen molar-refractivity contribution >= 4 is 23.2 Å². The van der Waals surface area contributed by atoms with Crippen LogP contribution in [0.2, 0.25) is 0 Å². The Morgan fingerprint density at radius 1 is 1.32 bits per heavy atom. The molecule has 0 saturated carbocycles. The molecular weight excluding hydrogens is 262 g/mol. The standard InChI is InChI=1S/C14H19NO3S/c1-8(7-12-6-5-9(2)19-12)15-13(16)10(3)11(4)14(17)18/h5-6,8H,7H2,1-4H3,(H,15,16)(H,17,18). The Morgan fingerprint density at radius 2 is 1.95 bits per heavy atom. The molecule has 2 N–H and O–H groups in total. The van der Waals surface area contributed by atoms with Crippen LogP contribution in [0.25, 0.3) is 0 Å². The number of aryl methyl sites for hydroxylation is 1. The van der Waals surface area contributed by atoms with Gasteiger partial charge in [0.05, 0.1) is 0 Å². The van der Waals surface area contributed by atoms with E-state index in [1.54, 1.807) is 11.3 Å². The molecule has 0 bridgehead atoms. The molecule has 1 heterocycles. The van der Waals surface area contributed by atoms with E-state index in [4.69, 9.17) is 5.11 Å². The molecule has 104 valence electrons. The van der Waals surface area contributed by atoms with Crippen molar-refractivity contribution in [2.75, 3.05) is 0 Å². The third-order valence-corrected chi connectivity index (χ3v) is 3.93. The van der Waals surface area contributed by atoms with Gasteiger partial charge in [-0.05, 0) is 39.8 Å². The highest BCUT2D eigenvalue weighted by atomic mass is 32.1. The largest absolute Gasteiger partial charge is 0.478 e. The summed E-state index contributed by atoms with van der Waals surface area (Å²) in [6, 6.07) is 4.07. The Morgan fingerprint density at radius 3 is 2.42 bits per heavy atom. The molecule has 5 heteroatoms. The normalized spacial score (nSPS) is 13.7. The van der Waals surface area contributed by atoms with Crippen LogP contribution in [0, 0.1) is 6.92 Å². The number of carboxylic acid groups (broad SMARTS) is 1. The van der Waals surface area contributed by atoms with Crippen LogP contribution in [-0.2, 0) is 16.0 Å². The molecule has 19 heavy (non-hydrogen) atoms. The van der Waals surface area contributed by atoms with Gasteiger partial charge < -0.3 is 10.4 Å². The Balaban J connectivity index is 2.62. The lowest BCUT2D eigenvalue weighted by Gasteiger charge is -2.13. The van der Waals surface area contributed by atoms with Crippen molar-refractivity contribution in [1.29, 1.82) is 0 Å². The Kier molecular flexibility index (Phi) is 5.30. The van der Waals surface area contributed by atoms with Crippen molar-refractivity contribution in [2.45, 2.75) is 40.2 Å². The van der Waals surface area contributed by atoms with Crippen molar-refractivity contribution in [3.8, 4) is 0 Å². The summed E-state index contributed by atoms with van der Waals surface area (Å²) in [4.78, 5) is 25.1. The van der Waals surface area contributed by atoms with E-state index in [2.05, 4.69) is 5.32 Å².